The van der Waals surface area contributed by atoms with E-state index in [0.717, 1.165) is 58.0 Å². The van der Waals surface area contributed by atoms with Crippen LogP contribution in [0, 0.1) is 0 Å². The summed E-state index contributed by atoms with van der Waals surface area (Å²) >= 11 is 0. The summed E-state index contributed by atoms with van der Waals surface area (Å²) in [4.78, 5) is 2.33. The van der Waals surface area contributed by atoms with E-state index in [-0.39, 0.29) is 0 Å². The molecule has 8 aromatic rings. The molecule has 0 aliphatic rings. The Morgan fingerprint density at radius 1 is 0.345 bits per heavy atom. The third kappa shape index (κ3) is 9.07. The number of aryl methyl sites for hydroxylation is 2. The van der Waals surface area contributed by atoms with Crippen molar-refractivity contribution in [3.8, 4) is 22.3 Å². The summed E-state index contributed by atoms with van der Waals surface area (Å²) in [5, 5.41) is 6.82. The van der Waals surface area contributed by atoms with Gasteiger partial charge >= 0.3 is 0 Å². The van der Waals surface area contributed by atoms with E-state index in [1.807, 2.05) is 47.6 Å². The fraction of sp³-hybridized carbons (Fsp3) is 0.0727. The number of hydrogen-bond donors (Lipinski definition) is 0. The molecule has 0 bridgehead atoms. The maximum atomic E-state index is 4.86. The van der Waals surface area contributed by atoms with Crippen LogP contribution in [0.2, 0.25) is 0 Å². The van der Waals surface area contributed by atoms with E-state index in [2.05, 4.69) is 201 Å². The summed E-state index contributed by atoms with van der Waals surface area (Å²) in [6, 6.07) is 73.3. The molecule has 0 saturated heterocycles. The molecule has 8 aromatic carbocycles. The number of hydrazone groups is 1. The van der Waals surface area contributed by atoms with Gasteiger partial charge in [-0.2, -0.15) is 5.10 Å². The first-order valence-corrected chi connectivity index (χ1v) is 20.1. The number of hydrogen-bond acceptors (Lipinski definition) is 3. The number of rotatable bonds is 13. The molecule has 0 spiro atoms. The predicted octanol–water partition coefficient (Wildman–Crippen LogP) is 15.0. The first-order chi connectivity index (χ1) is 28.6. The highest BCUT2D eigenvalue weighted by Crippen LogP contribution is 2.37. The molecule has 0 N–H and O–H groups in total. The average molecular weight is 750 g/mol. The molecule has 8 rings (SSSR count). The first kappa shape index (κ1) is 37.7. The van der Waals surface area contributed by atoms with Gasteiger partial charge in [-0.3, -0.25) is 0 Å². The van der Waals surface area contributed by atoms with Crippen LogP contribution in [0.1, 0.15) is 41.7 Å². The number of para-hydroxylation sites is 2. The van der Waals surface area contributed by atoms with Crippen molar-refractivity contribution in [1.82, 2.24) is 0 Å². The van der Waals surface area contributed by atoms with Gasteiger partial charge in [0.25, 0.3) is 0 Å². The molecule has 0 atom stereocenters. The van der Waals surface area contributed by atoms with Crippen LogP contribution in [0.15, 0.2) is 211 Å². The minimum atomic E-state index is 1.01. The Bertz CT molecular complexity index is 2430. The van der Waals surface area contributed by atoms with Crippen LogP contribution in [0.5, 0.6) is 0 Å². The number of nitrogens with zero attached hydrogens (tertiary/aromatic N) is 3. The molecule has 0 saturated carbocycles. The van der Waals surface area contributed by atoms with Crippen molar-refractivity contribution >= 4 is 46.8 Å². The lowest BCUT2D eigenvalue weighted by Crippen LogP contribution is -2.09. The molecule has 0 amide bonds. The maximum absolute atomic E-state index is 4.86. The molecule has 0 heterocycles. The van der Waals surface area contributed by atoms with E-state index < -0.39 is 0 Å². The SMILES string of the molecule is CCc1ccc(-c2ccc(N(c3ccc(C=Cc4ccc(C=NN(c5ccccc5)c5ccccc5)cc4)cc3)c3ccc(-c4ccc(CC)cc4)cc3)cc2)cc1. The smallest absolute Gasteiger partial charge is 0.0652 e. The Labute approximate surface area is 343 Å². The molecule has 0 aromatic heterocycles. The summed E-state index contributed by atoms with van der Waals surface area (Å²) < 4.78 is 0. The number of benzene rings is 8. The lowest BCUT2D eigenvalue weighted by molar-refractivity contribution is 1.09. The van der Waals surface area contributed by atoms with Crippen molar-refractivity contribution in [2.45, 2.75) is 26.7 Å². The van der Waals surface area contributed by atoms with E-state index in [4.69, 9.17) is 5.10 Å². The van der Waals surface area contributed by atoms with Crippen LogP contribution < -0.4 is 9.91 Å². The van der Waals surface area contributed by atoms with Gasteiger partial charge in [0.2, 0.25) is 0 Å². The molecule has 0 aliphatic carbocycles. The molecule has 3 heteroatoms. The zero-order chi connectivity index (χ0) is 39.5. The fourth-order valence-electron chi connectivity index (χ4n) is 7.08. The van der Waals surface area contributed by atoms with Crippen LogP contribution in [-0.4, -0.2) is 6.21 Å². The summed E-state index contributed by atoms with van der Waals surface area (Å²) in [5.74, 6) is 0. The predicted molar refractivity (Wildman–Crippen MR) is 249 cm³/mol. The lowest BCUT2D eigenvalue weighted by atomic mass is 10.0. The zero-order valence-corrected chi connectivity index (χ0v) is 33.1. The third-order valence-corrected chi connectivity index (χ3v) is 10.5. The molecule has 0 unspecified atom stereocenters. The second kappa shape index (κ2) is 18.1. The van der Waals surface area contributed by atoms with Crippen LogP contribution in [-0.2, 0) is 12.8 Å². The van der Waals surface area contributed by atoms with Gasteiger partial charge in [0.15, 0.2) is 0 Å². The van der Waals surface area contributed by atoms with Crippen molar-refractivity contribution in [2.75, 3.05) is 9.91 Å². The summed E-state index contributed by atoms with van der Waals surface area (Å²) in [6.45, 7) is 4.39. The molecule has 58 heavy (non-hydrogen) atoms. The molecular formula is C55H47N3. The average Bonchev–Trinajstić information content (AvgIpc) is 3.30. The van der Waals surface area contributed by atoms with Gasteiger partial charge in [0.05, 0.1) is 17.6 Å². The van der Waals surface area contributed by atoms with Gasteiger partial charge in [0, 0.05) is 17.1 Å². The molecule has 0 aliphatic heterocycles. The normalized spacial score (nSPS) is 11.3. The Kier molecular flexibility index (Phi) is 11.8. The van der Waals surface area contributed by atoms with Crippen molar-refractivity contribution in [3.63, 3.8) is 0 Å². The molecule has 3 nitrogen and oxygen atoms in total. The Balaban J connectivity index is 1.01. The molecule has 282 valence electrons. The third-order valence-electron chi connectivity index (χ3n) is 10.5. The van der Waals surface area contributed by atoms with Gasteiger partial charge in [-0.15, -0.1) is 0 Å². The molecular weight excluding hydrogens is 703 g/mol. The Morgan fingerprint density at radius 2 is 0.672 bits per heavy atom. The quantitative estimate of drug-likeness (QED) is 0.0664. The number of anilines is 5. The zero-order valence-electron chi connectivity index (χ0n) is 33.1. The van der Waals surface area contributed by atoms with Crippen LogP contribution >= 0.6 is 0 Å². The Hall–Kier alpha value is -7.23. The monoisotopic (exact) mass is 749 g/mol. The van der Waals surface area contributed by atoms with Crippen molar-refractivity contribution in [3.05, 3.63) is 234 Å². The van der Waals surface area contributed by atoms with Gasteiger partial charge in [-0.25, -0.2) is 5.01 Å². The van der Waals surface area contributed by atoms with Crippen molar-refractivity contribution in [1.29, 1.82) is 0 Å². The topological polar surface area (TPSA) is 18.8 Å². The second-order valence-corrected chi connectivity index (χ2v) is 14.3. The minimum Gasteiger partial charge on any atom is -0.311 e. The van der Waals surface area contributed by atoms with Crippen molar-refractivity contribution in [2.24, 2.45) is 5.10 Å². The van der Waals surface area contributed by atoms with E-state index in [1.165, 1.54) is 33.4 Å². The lowest BCUT2D eigenvalue weighted by Gasteiger charge is -2.26. The van der Waals surface area contributed by atoms with Crippen LogP contribution in [0.3, 0.4) is 0 Å². The fourth-order valence-corrected chi connectivity index (χ4v) is 7.08. The van der Waals surface area contributed by atoms with Gasteiger partial charge in [0.1, 0.15) is 0 Å². The highest BCUT2D eigenvalue weighted by atomic mass is 15.5. The van der Waals surface area contributed by atoms with E-state index in [9.17, 15) is 0 Å². The standard InChI is InChI=1S/C55H47N3/c1-3-42-21-27-47(28-22-42)49-31-37-52(38-32-49)57(53-39-33-50(34-40-53)48-29-23-43(4-2)24-30-48)51-35-25-45(26-36-51)16-15-44-17-19-46(20-18-44)41-56-58(54-11-7-5-8-12-54)55-13-9-6-10-14-55/h5-41H,3-4H2,1-2H3. The van der Waals surface area contributed by atoms with Gasteiger partial charge in [-0.1, -0.05) is 172 Å². The summed E-state index contributed by atoms with van der Waals surface area (Å²) in [5.41, 5.74) is 16.2. The summed E-state index contributed by atoms with van der Waals surface area (Å²) in [6.07, 6.45) is 8.32. The van der Waals surface area contributed by atoms with Gasteiger partial charge < -0.3 is 4.90 Å². The molecule has 0 fully saturated rings. The van der Waals surface area contributed by atoms with Gasteiger partial charge in [-0.05, 0) is 124 Å². The highest BCUT2D eigenvalue weighted by Gasteiger charge is 2.14. The van der Waals surface area contributed by atoms with E-state index in [0.29, 0.717) is 0 Å². The van der Waals surface area contributed by atoms with E-state index in [1.54, 1.807) is 0 Å². The van der Waals surface area contributed by atoms with Crippen molar-refractivity contribution < 1.29 is 0 Å². The first-order valence-electron chi connectivity index (χ1n) is 20.1. The maximum Gasteiger partial charge on any atom is 0.0652 e. The second-order valence-electron chi connectivity index (χ2n) is 14.3. The minimum absolute atomic E-state index is 1.01. The van der Waals surface area contributed by atoms with E-state index >= 15 is 0 Å². The summed E-state index contributed by atoms with van der Waals surface area (Å²) in [7, 11) is 0. The highest BCUT2D eigenvalue weighted by molar-refractivity contribution is 5.84. The Morgan fingerprint density at radius 3 is 1.05 bits per heavy atom. The van der Waals surface area contributed by atoms with Crippen LogP contribution in [0.25, 0.3) is 34.4 Å². The van der Waals surface area contributed by atoms with Crippen LogP contribution in [0.4, 0.5) is 28.4 Å². The largest absolute Gasteiger partial charge is 0.311 e. The molecule has 0 radical (unpaired) electrons.